The Labute approximate surface area is 195 Å². The van der Waals surface area contributed by atoms with E-state index in [9.17, 15) is 9.59 Å². The van der Waals surface area contributed by atoms with Crippen LogP contribution in [-0.4, -0.2) is 28.5 Å². The zero-order valence-corrected chi connectivity index (χ0v) is 19.2. The zero-order chi connectivity index (χ0) is 22.1. The van der Waals surface area contributed by atoms with E-state index in [0.717, 1.165) is 41.8 Å². The quantitative estimate of drug-likeness (QED) is 0.341. The van der Waals surface area contributed by atoms with Gasteiger partial charge in [0.15, 0.2) is 6.04 Å². The number of benzene rings is 2. The Morgan fingerprint density at radius 2 is 1.66 bits per heavy atom. The highest BCUT2D eigenvalue weighted by atomic mass is 35.5. The number of carbonyl (C=O) groups excluding carboxylic acids is 1. The number of rotatable bonds is 10. The molecule has 7 heteroatoms. The van der Waals surface area contributed by atoms with Crippen LogP contribution in [0.1, 0.15) is 41.1 Å². The molecule has 0 aliphatic rings. The lowest BCUT2D eigenvalue weighted by molar-refractivity contribution is -0.403. The summed E-state index contributed by atoms with van der Waals surface area (Å²) in [5.74, 6) is -0.0274. The van der Waals surface area contributed by atoms with Crippen molar-refractivity contribution in [1.29, 1.82) is 0 Å². The highest BCUT2D eigenvalue weighted by Gasteiger charge is 2.17. The third kappa shape index (κ3) is 7.62. The monoisotopic (exact) mass is 454 g/mol. The average molecular weight is 455 g/mol. The van der Waals surface area contributed by atoms with Crippen LogP contribution >= 0.6 is 0 Å². The third-order valence-corrected chi connectivity index (χ3v) is 5.33. The summed E-state index contributed by atoms with van der Waals surface area (Å²) in [6.45, 7) is 2.53. The van der Waals surface area contributed by atoms with E-state index in [0.29, 0.717) is 25.1 Å². The van der Waals surface area contributed by atoms with Gasteiger partial charge < -0.3 is 28.4 Å². The molecule has 0 saturated carbocycles. The summed E-state index contributed by atoms with van der Waals surface area (Å²) in [5, 5.41) is 2.96. The van der Waals surface area contributed by atoms with Crippen LogP contribution < -0.4 is 29.0 Å². The normalized spacial score (nSPS) is 11.4. The van der Waals surface area contributed by atoms with Crippen LogP contribution in [0.4, 0.5) is 0 Å². The van der Waals surface area contributed by atoms with Crippen molar-refractivity contribution in [2.45, 2.75) is 45.1 Å². The zero-order valence-electron chi connectivity index (χ0n) is 18.4. The molecule has 0 radical (unpaired) electrons. The number of nitrogens with zero attached hydrogens (tertiary/aromatic N) is 1. The molecular formula is C25H31ClN4O2. The van der Waals surface area contributed by atoms with Gasteiger partial charge in [0.1, 0.15) is 5.69 Å². The highest BCUT2D eigenvalue weighted by molar-refractivity contribution is 5.80. The molecule has 1 aromatic heterocycles. The second-order valence-corrected chi connectivity index (χ2v) is 7.87. The van der Waals surface area contributed by atoms with Gasteiger partial charge in [-0.15, -0.1) is 0 Å². The summed E-state index contributed by atoms with van der Waals surface area (Å²) in [6.07, 6.45) is 3.58. The number of H-pyrrole nitrogens is 1. The molecule has 3 aromatic rings. The van der Waals surface area contributed by atoms with Gasteiger partial charge in [0.25, 0.3) is 11.5 Å². The standard InChI is InChI=1S/C25H30N4O2.ClH/c1-18-22(29-25(31)23(28-18)17-20-12-6-3-7-13-20)14-8-9-15-27-24(30)21(26)16-19-10-4-2-5-11-19;/h2-7,10-13,21H,8-9,14-17,26H2,1H3,(H,27,30)(H,29,31);1H/t21-;/m0./s1. The molecular weight excluding hydrogens is 424 g/mol. The summed E-state index contributed by atoms with van der Waals surface area (Å²) < 4.78 is 0. The van der Waals surface area contributed by atoms with Crippen molar-refractivity contribution in [3.63, 3.8) is 0 Å². The number of carbonyl (C=O) groups is 1. The number of aryl methyl sites for hydroxylation is 2. The first kappa shape index (κ1) is 25.3. The van der Waals surface area contributed by atoms with E-state index in [1.54, 1.807) is 0 Å². The molecule has 5 N–H and O–H groups in total. The number of aromatic nitrogens is 2. The maximum atomic E-state index is 12.4. The Morgan fingerprint density at radius 1 is 1.03 bits per heavy atom. The van der Waals surface area contributed by atoms with Gasteiger partial charge in [-0.3, -0.25) is 14.6 Å². The van der Waals surface area contributed by atoms with Crippen molar-refractivity contribution in [2.24, 2.45) is 0 Å². The molecule has 6 nitrogen and oxygen atoms in total. The maximum Gasteiger partial charge on any atom is 0.278 e. The van der Waals surface area contributed by atoms with Gasteiger partial charge in [-0.05, 0) is 37.3 Å². The van der Waals surface area contributed by atoms with Crippen LogP contribution in [0.5, 0.6) is 0 Å². The smallest absolute Gasteiger partial charge is 0.278 e. The van der Waals surface area contributed by atoms with Gasteiger partial charge in [-0.25, -0.2) is 0 Å². The Balaban J connectivity index is 0.00000363. The van der Waals surface area contributed by atoms with E-state index >= 15 is 0 Å². The Hall–Kier alpha value is -2.96. The summed E-state index contributed by atoms with van der Waals surface area (Å²) in [7, 11) is 0. The number of aromatic amines is 1. The van der Waals surface area contributed by atoms with E-state index in [1.165, 1.54) is 0 Å². The predicted octanol–water partition coefficient (Wildman–Crippen LogP) is -1.03. The molecule has 1 heterocycles. The number of halogens is 1. The number of nitrogens with one attached hydrogen (secondary N) is 2. The van der Waals surface area contributed by atoms with E-state index < -0.39 is 0 Å². The fourth-order valence-corrected chi connectivity index (χ4v) is 3.55. The second-order valence-electron chi connectivity index (χ2n) is 7.87. The molecule has 1 atom stereocenters. The van der Waals surface area contributed by atoms with E-state index in [1.807, 2.05) is 67.6 Å². The van der Waals surface area contributed by atoms with Crippen molar-refractivity contribution < 1.29 is 22.9 Å². The Kier molecular flexibility index (Phi) is 10.1. The summed E-state index contributed by atoms with van der Waals surface area (Å²) in [4.78, 5) is 32.2. The van der Waals surface area contributed by atoms with Crippen molar-refractivity contribution in [1.82, 2.24) is 15.3 Å². The SMILES string of the molecule is Cc1nc(Cc2ccccc2)c(=O)[nH]c1CCCCNC(=O)[C@@H]([NH3+])Cc1ccccc1.[Cl-]. The molecule has 0 aliphatic carbocycles. The van der Waals surface area contributed by atoms with Crippen molar-refractivity contribution in [3.8, 4) is 0 Å². The first-order valence-electron chi connectivity index (χ1n) is 10.8. The van der Waals surface area contributed by atoms with Crippen LogP contribution in [0.15, 0.2) is 65.5 Å². The molecule has 0 fully saturated rings. The van der Waals surface area contributed by atoms with E-state index in [-0.39, 0.29) is 29.9 Å². The number of hydrogen-bond acceptors (Lipinski definition) is 3. The average Bonchev–Trinajstić information content (AvgIpc) is 2.78. The molecule has 0 spiro atoms. The van der Waals surface area contributed by atoms with Gasteiger partial charge in [0.2, 0.25) is 0 Å². The number of hydrogen-bond donors (Lipinski definition) is 3. The van der Waals surface area contributed by atoms with Gasteiger partial charge in [0, 0.05) is 25.1 Å². The van der Waals surface area contributed by atoms with Crippen LogP contribution in [0.25, 0.3) is 0 Å². The van der Waals surface area contributed by atoms with Gasteiger partial charge in [0.05, 0.1) is 5.69 Å². The minimum atomic E-state index is -0.303. The summed E-state index contributed by atoms with van der Waals surface area (Å²) >= 11 is 0. The molecule has 0 saturated heterocycles. The van der Waals surface area contributed by atoms with Crippen LogP contribution in [0.2, 0.25) is 0 Å². The molecule has 170 valence electrons. The van der Waals surface area contributed by atoms with Crippen LogP contribution in [0, 0.1) is 6.92 Å². The van der Waals surface area contributed by atoms with Gasteiger partial charge in [-0.1, -0.05) is 60.7 Å². The van der Waals surface area contributed by atoms with Crippen LogP contribution in [0.3, 0.4) is 0 Å². The number of amides is 1. The molecule has 0 aliphatic heterocycles. The number of quaternary nitrogens is 1. The van der Waals surface area contributed by atoms with Crippen molar-refractivity contribution >= 4 is 5.91 Å². The van der Waals surface area contributed by atoms with Crippen molar-refractivity contribution in [3.05, 3.63) is 99.2 Å². The predicted molar refractivity (Wildman–Crippen MR) is 122 cm³/mol. The number of unbranched alkanes of at least 4 members (excludes halogenated alkanes) is 1. The molecule has 0 unspecified atom stereocenters. The topological polar surface area (TPSA) is 102 Å². The summed E-state index contributed by atoms with van der Waals surface area (Å²) in [6, 6.07) is 19.5. The Bertz CT molecular complexity index is 1040. The lowest BCUT2D eigenvalue weighted by Gasteiger charge is -2.10. The molecule has 1 amide bonds. The highest BCUT2D eigenvalue weighted by Crippen LogP contribution is 2.08. The van der Waals surface area contributed by atoms with Gasteiger partial charge in [-0.2, -0.15) is 0 Å². The molecule has 32 heavy (non-hydrogen) atoms. The maximum absolute atomic E-state index is 12.4. The van der Waals surface area contributed by atoms with Crippen molar-refractivity contribution in [2.75, 3.05) is 6.54 Å². The second kappa shape index (κ2) is 12.8. The van der Waals surface area contributed by atoms with E-state index in [4.69, 9.17) is 0 Å². The molecule has 2 aromatic carbocycles. The fourth-order valence-electron chi connectivity index (χ4n) is 3.55. The minimum Gasteiger partial charge on any atom is -1.00 e. The lowest BCUT2D eigenvalue weighted by atomic mass is 10.1. The first-order chi connectivity index (χ1) is 15.0. The lowest BCUT2D eigenvalue weighted by Crippen LogP contribution is -3.00. The Morgan fingerprint density at radius 3 is 2.31 bits per heavy atom. The fraction of sp³-hybridized carbons (Fsp3) is 0.320. The summed E-state index contributed by atoms with van der Waals surface area (Å²) in [5.41, 5.74) is 8.30. The largest absolute Gasteiger partial charge is 1.00 e. The van der Waals surface area contributed by atoms with E-state index in [2.05, 4.69) is 21.0 Å². The van der Waals surface area contributed by atoms with Crippen LogP contribution in [-0.2, 0) is 24.1 Å². The minimum absolute atomic E-state index is 0. The first-order valence-corrected chi connectivity index (χ1v) is 10.8. The molecule has 0 bridgehead atoms. The third-order valence-electron chi connectivity index (χ3n) is 5.33. The molecule has 3 rings (SSSR count). The van der Waals surface area contributed by atoms with Gasteiger partial charge >= 0.3 is 0 Å².